The normalized spacial score (nSPS) is 12.0. The summed E-state index contributed by atoms with van der Waals surface area (Å²) in [7, 11) is -1.60. The van der Waals surface area contributed by atoms with Crippen molar-refractivity contribution < 1.29 is 9.00 Å². The van der Waals surface area contributed by atoms with Crippen LogP contribution in [-0.4, -0.2) is 19.7 Å². The van der Waals surface area contributed by atoms with Crippen LogP contribution in [0.1, 0.15) is 10.5 Å². The molecule has 0 saturated heterocycles. The first kappa shape index (κ1) is 18.3. The van der Waals surface area contributed by atoms with Crippen molar-refractivity contribution in [3.05, 3.63) is 63.2 Å². The Balaban J connectivity index is 1.85. The molecule has 1 unspecified atom stereocenters. The van der Waals surface area contributed by atoms with Gasteiger partial charge in [0.25, 0.3) is 5.91 Å². The monoisotopic (exact) mass is 431 g/mol. The van der Waals surface area contributed by atoms with E-state index in [0.717, 1.165) is 11.5 Å². The van der Waals surface area contributed by atoms with Crippen LogP contribution < -0.4 is 5.32 Å². The summed E-state index contributed by atoms with van der Waals surface area (Å²) in [5, 5.41) is 7.64. The molecule has 1 amide bonds. The van der Waals surface area contributed by atoms with Gasteiger partial charge in [-0.15, -0.1) is 5.10 Å². The zero-order valence-electron chi connectivity index (χ0n) is 12.2. The maximum absolute atomic E-state index is 12.7. The third-order valence-electron chi connectivity index (χ3n) is 3.05. The van der Waals surface area contributed by atoms with Crippen LogP contribution in [0.4, 0.5) is 5.69 Å². The number of nitrogens with zero attached hydrogens (tertiary/aromatic N) is 2. The largest absolute Gasteiger partial charge is 0.320 e. The van der Waals surface area contributed by atoms with Crippen LogP contribution in [-0.2, 0) is 10.8 Å². The van der Waals surface area contributed by atoms with E-state index < -0.39 is 16.7 Å². The molecule has 3 rings (SSSR count). The highest BCUT2D eigenvalue weighted by atomic mass is 35.5. The van der Waals surface area contributed by atoms with Crippen LogP contribution in [0.3, 0.4) is 0 Å². The molecule has 0 radical (unpaired) electrons. The average molecular weight is 433 g/mol. The Morgan fingerprint density at radius 2 is 1.76 bits per heavy atom. The SMILES string of the molecule is O=C(Nc1ccc(Cl)c(Cl)c1)c1nnsc1S(=O)c1ccc(Cl)cc1. The lowest BCUT2D eigenvalue weighted by molar-refractivity contribution is 0.101. The van der Waals surface area contributed by atoms with E-state index >= 15 is 0 Å². The average Bonchev–Trinajstić information content (AvgIpc) is 3.08. The summed E-state index contributed by atoms with van der Waals surface area (Å²) in [6.45, 7) is 0. The predicted octanol–water partition coefficient (Wildman–Crippen LogP) is 4.92. The van der Waals surface area contributed by atoms with Gasteiger partial charge in [-0.1, -0.05) is 39.3 Å². The Morgan fingerprint density at radius 1 is 1.04 bits per heavy atom. The van der Waals surface area contributed by atoms with Crippen molar-refractivity contribution in [1.82, 2.24) is 9.59 Å². The van der Waals surface area contributed by atoms with E-state index in [0.29, 0.717) is 25.7 Å². The summed E-state index contributed by atoms with van der Waals surface area (Å²) in [5.41, 5.74) is 0.431. The zero-order valence-corrected chi connectivity index (χ0v) is 16.1. The first-order valence-corrected chi connectivity index (χ1v) is 9.77. The lowest BCUT2D eigenvalue weighted by atomic mass is 10.3. The number of halogens is 3. The van der Waals surface area contributed by atoms with Gasteiger partial charge in [0.2, 0.25) is 0 Å². The summed E-state index contributed by atoms with van der Waals surface area (Å²) >= 11 is 18.5. The molecule has 25 heavy (non-hydrogen) atoms. The third-order valence-corrected chi connectivity index (χ3v) is 6.47. The van der Waals surface area contributed by atoms with E-state index in [9.17, 15) is 9.00 Å². The molecule has 128 valence electrons. The Labute approximate surface area is 164 Å². The van der Waals surface area contributed by atoms with Gasteiger partial charge in [-0.05, 0) is 54.0 Å². The van der Waals surface area contributed by atoms with Crippen LogP contribution in [0.25, 0.3) is 0 Å². The van der Waals surface area contributed by atoms with Gasteiger partial charge in [0.05, 0.1) is 20.8 Å². The van der Waals surface area contributed by atoms with Gasteiger partial charge >= 0.3 is 0 Å². The maximum atomic E-state index is 12.7. The van der Waals surface area contributed by atoms with Gasteiger partial charge in [-0.2, -0.15) is 0 Å². The molecule has 0 spiro atoms. The summed E-state index contributed by atoms with van der Waals surface area (Å²) in [5.74, 6) is -0.538. The van der Waals surface area contributed by atoms with E-state index in [-0.39, 0.29) is 9.90 Å². The molecule has 5 nitrogen and oxygen atoms in total. The molecule has 1 aromatic heterocycles. The highest BCUT2D eigenvalue weighted by Crippen LogP contribution is 2.27. The van der Waals surface area contributed by atoms with Crippen molar-refractivity contribution >= 4 is 68.7 Å². The van der Waals surface area contributed by atoms with Gasteiger partial charge in [0, 0.05) is 15.6 Å². The second-order valence-electron chi connectivity index (χ2n) is 4.71. The number of amides is 1. The van der Waals surface area contributed by atoms with Crippen LogP contribution >= 0.6 is 46.3 Å². The lowest BCUT2D eigenvalue weighted by Gasteiger charge is -2.06. The number of benzene rings is 2. The smallest absolute Gasteiger partial charge is 0.278 e. The fourth-order valence-corrected chi connectivity index (χ4v) is 4.28. The molecular weight excluding hydrogens is 425 g/mol. The summed E-state index contributed by atoms with van der Waals surface area (Å²) in [6.07, 6.45) is 0. The minimum Gasteiger partial charge on any atom is -0.320 e. The van der Waals surface area contributed by atoms with Crippen LogP contribution in [0.15, 0.2) is 51.6 Å². The molecule has 0 aliphatic rings. The molecule has 0 aliphatic heterocycles. The number of nitrogens with one attached hydrogen (secondary N) is 1. The second kappa shape index (κ2) is 7.80. The predicted molar refractivity (Wildman–Crippen MR) is 100 cm³/mol. The molecule has 10 heteroatoms. The molecule has 2 aromatic carbocycles. The standard InChI is InChI=1S/C15H8Cl3N3O2S2/c16-8-1-4-10(5-2-8)25(23)15-13(20-21-24-15)14(22)19-9-3-6-11(17)12(18)7-9/h1-7H,(H,19,22). The quantitative estimate of drug-likeness (QED) is 0.635. The molecular formula is C15H8Cl3N3O2S2. The molecule has 0 saturated carbocycles. The van der Waals surface area contributed by atoms with Crippen molar-refractivity contribution in [1.29, 1.82) is 0 Å². The Kier molecular flexibility index (Phi) is 5.71. The van der Waals surface area contributed by atoms with Crippen molar-refractivity contribution in [2.75, 3.05) is 5.32 Å². The molecule has 0 aliphatic carbocycles. The molecule has 3 aromatic rings. The fourth-order valence-electron chi connectivity index (χ4n) is 1.87. The topological polar surface area (TPSA) is 72.0 Å². The first-order chi connectivity index (χ1) is 12.0. The van der Waals surface area contributed by atoms with E-state index in [2.05, 4.69) is 14.9 Å². The van der Waals surface area contributed by atoms with E-state index in [4.69, 9.17) is 34.8 Å². The van der Waals surface area contributed by atoms with Gasteiger partial charge in [0.15, 0.2) is 9.90 Å². The van der Waals surface area contributed by atoms with E-state index in [1.165, 1.54) is 6.07 Å². The number of carbonyl (C=O) groups is 1. The van der Waals surface area contributed by atoms with Gasteiger partial charge in [-0.3, -0.25) is 4.79 Å². The molecule has 1 heterocycles. The summed E-state index contributed by atoms with van der Waals surface area (Å²) in [6, 6.07) is 11.2. The van der Waals surface area contributed by atoms with Gasteiger partial charge < -0.3 is 5.32 Å². The molecule has 0 bridgehead atoms. The third kappa shape index (κ3) is 4.19. The Hall–Kier alpha value is -1.51. The number of hydrogen-bond acceptors (Lipinski definition) is 5. The zero-order chi connectivity index (χ0) is 18.0. The van der Waals surface area contributed by atoms with Crippen LogP contribution in [0.2, 0.25) is 15.1 Å². The number of carbonyl (C=O) groups excluding carboxylic acids is 1. The van der Waals surface area contributed by atoms with Crippen molar-refractivity contribution in [3.8, 4) is 0 Å². The minimum atomic E-state index is -1.60. The summed E-state index contributed by atoms with van der Waals surface area (Å²) < 4.78 is 16.7. The number of rotatable bonds is 4. The van der Waals surface area contributed by atoms with Crippen molar-refractivity contribution in [3.63, 3.8) is 0 Å². The first-order valence-electron chi connectivity index (χ1n) is 6.72. The van der Waals surface area contributed by atoms with Crippen LogP contribution in [0, 0.1) is 0 Å². The van der Waals surface area contributed by atoms with Crippen molar-refractivity contribution in [2.45, 2.75) is 9.10 Å². The molecule has 1 atom stereocenters. The van der Waals surface area contributed by atoms with Crippen molar-refractivity contribution in [2.24, 2.45) is 0 Å². The van der Waals surface area contributed by atoms with E-state index in [1.54, 1.807) is 36.4 Å². The van der Waals surface area contributed by atoms with E-state index in [1.807, 2.05) is 0 Å². The number of hydrogen-bond donors (Lipinski definition) is 1. The number of aromatic nitrogens is 2. The Morgan fingerprint density at radius 3 is 2.44 bits per heavy atom. The second-order valence-corrected chi connectivity index (χ2v) is 8.40. The molecule has 1 N–H and O–H groups in total. The highest BCUT2D eigenvalue weighted by Gasteiger charge is 2.22. The van der Waals surface area contributed by atoms with Crippen LogP contribution in [0.5, 0.6) is 0 Å². The lowest BCUT2D eigenvalue weighted by Crippen LogP contribution is -2.14. The maximum Gasteiger partial charge on any atom is 0.278 e. The van der Waals surface area contributed by atoms with Gasteiger partial charge in [-0.25, -0.2) is 4.21 Å². The number of anilines is 1. The minimum absolute atomic E-state index is 0.00986. The summed E-state index contributed by atoms with van der Waals surface area (Å²) in [4.78, 5) is 12.9. The molecule has 0 fully saturated rings. The van der Waals surface area contributed by atoms with Gasteiger partial charge in [0.1, 0.15) is 0 Å². The highest BCUT2D eigenvalue weighted by molar-refractivity contribution is 7.87. The fraction of sp³-hybridized carbons (Fsp3) is 0. The Bertz CT molecular complexity index is 961.